The van der Waals surface area contributed by atoms with Crippen LogP contribution in [-0.4, -0.2) is 23.3 Å². The van der Waals surface area contributed by atoms with Crippen LogP contribution < -0.4 is 0 Å². The summed E-state index contributed by atoms with van der Waals surface area (Å²) in [5, 5.41) is 8.83. The Hall–Kier alpha value is -1.23. The second kappa shape index (κ2) is 5.21. The number of hydrogen-bond acceptors (Lipinski definition) is 4. The fraction of sp³-hybridized carbons (Fsp3) is 0.455. The summed E-state index contributed by atoms with van der Waals surface area (Å²) >= 11 is 1.15. The van der Waals surface area contributed by atoms with Crippen molar-refractivity contribution < 1.29 is 19.4 Å². The van der Waals surface area contributed by atoms with Gasteiger partial charge in [0.2, 0.25) is 0 Å². The summed E-state index contributed by atoms with van der Waals surface area (Å²) in [7, 11) is 1.43. The molecule has 0 spiro atoms. The minimum atomic E-state index is -1.05. The smallest absolute Gasteiger partial charge is 0.332 e. The zero-order valence-electron chi connectivity index (χ0n) is 9.44. The third-order valence-electron chi connectivity index (χ3n) is 2.35. The Labute approximate surface area is 98.4 Å². The van der Waals surface area contributed by atoms with Gasteiger partial charge in [0.05, 0.1) is 13.2 Å². The first-order valence-electron chi connectivity index (χ1n) is 4.86. The molecule has 0 unspecified atom stereocenters. The van der Waals surface area contributed by atoms with Gasteiger partial charge < -0.3 is 9.84 Å². The maximum Gasteiger partial charge on any atom is 0.332 e. The number of aliphatic carboxylic acids is 1. The molecule has 88 valence electrons. The largest absolute Gasteiger partial charge is 0.496 e. The average molecular weight is 242 g/mol. The number of hydrogen-bond donors (Lipinski definition) is 1. The number of thioether (sulfide) groups is 1. The van der Waals surface area contributed by atoms with E-state index in [1.165, 1.54) is 7.11 Å². The topological polar surface area (TPSA) is 63.6 Å². The molecule has 1 N–H and O–H groups in total. The van der Waals surface area contributed by atoms with Crippen LogP contribution in [0.4, 0.5) is 0 Å². The number of carbonyl (C=O) groups excluding carboxylic acids is 1. The lowest BCUT2D eigenvalue weighted by Crippen LogP contribution is -2.15. The molecule has 0 aromatic heterocycles. The summed E-state index contributed by atoms with van der Waals surface area (Å²) in [6.45, 7) is 3.70. The Kier molecular flexibility index (Phi) is 4.18. The summed E-state index contributed by atoms with van der Waals surface area (Å²) in [6, 6.07) is 0. The molecular weight excluding hydrogens is 228 g/mol. The van der Waals surface area contributed by atoms with Crippen LogP contribution in [0.1, 0.15) is 20.3 Å². The van der Waals surface area contributed by atoms with Gasteiger partial charge in [-0.15, -0.1) is 0 Å². The van der Waals surface area contributed by atoms with E-state index in [2.05, 4.69) is 0 Å². The first kappa shape index (κ1) is 12.8. The van der Waals surface area contributed by atoms with Crippen LogP contribution in [0.3, 0.4) is 0 Å². The molecule has 0 bridgehead atoms. The summed E-state index contributed by atoms with van der Waals surface area (Å²) in [4.78, 5) is 22.8. The molecule has 0 aromatic rings. The van der Waals surface area contributed by atoms with E-state index >= 15 is 0 Å². The van der Waals surface area contributed by atoms with Crippen LogP contribution in [0.15, 0.2) is 22.3 Å². The van der Waals surface area contributed by atoms with Crippen LogP contribution in [-0.2, 0) is 14.3 Å². The van der Waals surface area contributed by atoms with E-state index in [4.69, 9.17) is 9.84 Å². The van der Waals surface area contributed by atoms with Crippen molar-refractivity contribution in [2.75, 3.05) is 7.11 Å². The minimum Gasteiger partial charge on any atom is -0.496 e. The molecule has 5 heteroatoms. The van der Waals surface area contributed by atoms with Crippen LogP contribution in [0, 0.1) is 5.92 Å². The summed E-state index contributed by atoms with van der Waals surface area (Å²) < 4.78 is 5.07. The van der Waals surface area contributed by atoms with E-state index in [-0.39, 0.29) is 11.0 Å². The summed E-state index contributed by atoms with van der Waals surface area (Å²) in [5.74, 6) is -0.719. The van der Waals surface area contributed by atoms with Gasteiger partial charge >= 0.3 is 5.97 Å². The van der Waals surface area contributed by atoms with Gasteiger partial charge in [-0.25, -0.2) is 4.79 Å². The molecule has 1 aliphatic rings. The van der Waals surface area contributed by atoms with Crippen molar-refractivity contribution in [2.24, 2.45) is 5.92 Å². The maximum atomic E-state index is 11.3. The van der Waals surface area contributed by atoms with Crippen molar-refractivity contribution in [3.63, 3.8) is 0 Å². The number of carbonyl (C=O) groups is 2. The lowest BCUT2D eigenvalue weighted by molar-refractivity contribution is -0.131. The van der Waals surface area contributed by atoms with E-state index in [0.717, 1.165) is 28.3 Å². The minimum absolute atomic E-state index is 0.000648. The number of allylic oxidation sites excluding steroid dienone is 2. The average Bonchev–Trinajstić information content (AvgIpc) is 2.13. The van der Waals surface area contributed by atoms with Crippen LogP contribution in [0.2, 0.25) is 0 Å². The molecule has 0 fully saturated rings. The molecule has 0 saturated carbocycles. The van der Waals surface area contributed by atoms with E-state index in [1.54, 1.807) is 0 Å². The summed E-state index contributed by atoms with van der Waals surface area (Å²) in [6.07, 6.45) is 1.45. The van der Waals surface area contributed by atoms with Crippen molar-refractivity contribution in [2.45, 2.75) is 20.3 Å². The van der Waals surface area contributed by atoms with Gasteiger partial charge in [-0.2, -0.15) is 0 Å². The molecule has 0 amide bonds. The first-order chi connectivity index (χ1) is 7.45. The van der Waals surface area contributed by atoms with Gasteiger partial charge in [-0.3, -0.25) is 4.79 Å². The van der Waals surface area contributed by atoms with Crippen LogP contribution in [0.25, 0.3) is 0 Å². The second-order valence-corrected chi connectivity index (χ2v) is 4.87. The number of rotatable bonds is 3. The molecule has 0 saturated heterocycles. The van der Waals surface area contributed by atoms with Gasteiger partial charge in [-0.05, 0) is 17.7 Å². The van der Waals surface area contributed by atoms with Gasteiger partial charge in [0.25, 0.3) is 0 Å². The van der Waals surface area contributed by atoms with Crippen molar-refractivity contribution in [1.82, 2.24) is 0 Å². The highest BCUT2D eigenvalue weighted by molar-refractivity contribution is 8.17. The van der Waals surface area contributed by atoms with Crippen LogP contribution >= 0.6 is 11.8 Å². The quantitative estimate of drug-likeness (QED) is 0.607. The Morgan fingerprint density at radius 1 is 1.62 bits per heavy atom. The molecule has 0 radical (unpaired) electrons. The Morgan fingerprint density at radius 3 is 2.69 bits per heavy atom. The predicted molar refractivity (Wildman–Crippen MR) is 61.8 cm³/mol. The first-order valence-corrected chi connectivity index (χ1v) is 5.67. The molecule has 1 atom stereocenters. The number of ether oxygens (including phenoxy) is 1. The fourth-order valence-corrected chi connectivity index (χ4v) is 2.83. The normalized spacial score (nSPS) is 22.3. The SMILES string of the molecule is CO/C(=C/C(=O)O)C1=C(C)SC(=O)C[C@@H]1C. The highest BCUT2D eigenvalue weighted by Gasteiger charge is 2.26. The maximum absolute atomic E-state index is 11.3. The Balaban J connectivity index is 3.13. The molecular formula is C11H14O4S. The lowest BCUT2D eigenvalue weighted by atomic mass is 9.95. The van der Waals surface area contributed by atoms with E-state index < -0.39 is 5.97 Å². The molecule has 0 aromatic carbocycles. The molecule has 4 nitrogen and oxygen atoms in total. The Bertz CT molecular complexity index is 381. The fourth-order valence-electron chi connectivity index (χ4n) is 1.74. The molecule has 1 rings (SSSR count). The van der Waals surface area contributed by atoms with Crippen molar-refractivity contribution in [1.29, 1.82) is 0 Å². The summed E-state index contributed by atoms with van der Waals surface area (Å²) in [5.41, 5.74) is 0.814. The number of carboxylic acids is 1. The van der Waals surface area contributed by atoms with E-state index in [1.807, 2.05) is 13.8 Å². The highest BCUT2D eigenvalue weighted by atomic mass is 32.2. The number of carboxylic acid groups (broad SMARTS) is 1. The molecule has 16 heavy (non-hydrogen) atoms. The molecule has 1 aliphatic heterocycles. The van der Waals surface area contributed by atoms with Crippen molar-refractivity contribution >= 4 is 22.8 Å². The van der Waals surface area contributed by atoms with Crippen molar-refractivity contribution in [3.8, 4) is 0 Å². The highest BCUT2D eigenvalue weighted by Crippen LogP contribution is 2.38. The monoisotopic (exact) mass is 242 g/mol. The molecule has 0 aliphatic carbocycles. The zero-order chi connectivity index (χ0) is 12.3. The van der Waals surface area contributed by atoms with E-state index in [9.17, 15) is 9.59 Å². The standard InChI is InChI=1S/C11H14O4S/c1-6-4-10(14)16-7(2)11(6)8(15-3)5-9(12)13/h5-6H,4H2,1-3H3,(H,12,13)/b8-5+/t6-/m0/s1. The van der Waals surface area contributed by atoms with Crippen molar-refractivity contribution in [3.05, 3.63) is 22.3 Å². The third-order valence-corrected chi connectivity index (χ3v) is 3.27. The van der Waals surface area contributed by atoms with Gasteiger partial charge in [0.1, 0.15) is 5.76 Å². The van der Waals surface area contributed by atoms with E-state index in [0.29, 0.717) is 12.2 Å². The third kappa shape index (κ3) is 2.88. The van der Waals surface area contributed by atoms with Crippen LogP contribution in [0.5, 0.6) is 0 Å². The second-order valence-electron chi connectivity index (χ2n) is 3.60. The zero-order valence-corrected chi connectivity index (χ0v) is 10.3. The van der Waals surface area contributed by atoms with Gasteiger partial charge in [0, 0.05) is 12.0 Å². The Morgan fingerprint density at radius 2 is 2.25 bits per heavy atom. The lowest BCUT2D eigenvalue weighted by Gasteiger charge is -2.23. The van der Waals surface area contributed by atoms with Gasteiger partial charge in [-0.1, -0.05) is 18.7 Å². The molecule has 1 heterocycles. The van der Waals surface area contributed by atoms with Gasteiger partial charge in [0.15, 0.2) is 5.12 Å². The number of methoxy groups -OCH3 is 1. The predicted octanol–water partition coefficient (Wildman–Crippen LogP) is 2.17.